The number of rotatable bonds is 9. The molecule has 5 N–H and O–H groups in total. The maximum Gasteiger partial charge on any atom is 0.238 e. The molecule has 0 radical (unpaired) electrons. The molecule has 0 fully saturated rings. The molecular weight excluding hydrogens is 376 g/mol. The van der Waals surface area contributed by atoms with Gasteiger partial charge < -0.3 is 15.2 Å². The van der Waals surface area contributed by atoms with E-state index in [4.69, 9.17) is 21.5 Å². The Bertz CT molecular complexity index is 826. The summed E-state index contributed by atoms with van der Waals surface area (Å²) in [6.07, 6.45) is 0.171. The molecule has 0 aliphatic carbocycles. The Morgan fingerprint density at radius 1 is 1.23 bits per heavy atom. The van der Waals surface area contributed by atoms with E-state index in [2.05, 4.69) is 0 Å². The Morgan fingerprint density at radius 2 is 1.92 bits per heavy atom. The predicted octanol–water partition coefficient (Wildman–Crippen LogP) is 0.842. The molecule has 0 amide bonds. The van der Waals surface area contributed by atoms with E-state index in [0.29, 0.717) is 17.3 Å². The lowest BCUT2D eigenvalue weighted by atomic mass is 10.1. The van der Waals surface area contributed by atoms with Crippen LogP contribution >= 0.6 is 11.6 Å². The first-order valence-electron chi connectivity index (χ1n) is 8.26. The first kappa shape index (κ1) is 20.7. The molecule has 0 heterocycles. The number of quaternary nitrogens is 1. The van der Waals surface area contributed by atoms with Crippen LogP contribution in [0.5, 0.6) is 5.75 Å². The summed E-state index contributed by atoms with van der Waals surface area (Å²) in [5.74, 6) is 0.711. The van der Waals surface area contributed by atoms with Crippen molar-refractivity contribution in [3.05, 3.63) is 58.6 Å². The van der Waals surface area contributed by atoms with E-state index in [1.807, 2.05) is 18.3 Å². The summed E-state index contributed by atoms with van der Waals surface area (Å²) < 4.78 is 28.0. The Balaban J connectivity index is 1.69. The van der Waals surface area contributed by atoms with Crippen LogP contribution in [0.15, 0.2) is 47.4 Å². The van der Waals surface area contributed by atoms with Crippen LogP contribution in [0, 0.1) is 6.92 Å². The van der Waals surface area contributed by atoms with Gasteiger partial charge in [0.1, 0.15) is 25.0 Å². The van der Waals surface area contributed by atoms with Gasteiger partial charge in [-0.1, -0.05) is 23.7 Å². The third kappa shape index (κ3) is 6.59. The Morgan fingerprint density at radius 3 is 2.54 bits per heavy atom. The highest BCUT2D eigenvalue weighted by atomic mass is 35.5. The number of hydrogen-bond acceptors (Lipinski definition) is 4. The predicted molar refractivity (Wildman–Crippen MR) is 101 cm³/mol. The zero-order valence-electron chi connectivity index (χ0n) is 14.6. The second kappa shape index (κ2) is 9.34. The molecule has 142 valence electrons. The number of sulfonamides is 1. The van der Waals surface area contributed by atoms with Crippen LogP contribution in [0.1, 0.15) is 11.1 Å². The Hall–Kier alpha value is -1.64. The SMILES string of the molecule is Cc1cc(Cl)ccc1OC[C@@H](O)C[NH2+]CCc1ccc(S(N)(=O)=O)cc1. The van der Waals surface area contributed by atoms with E-state index >= 15 is 0 Å². The average Bonchev–Trinajstić information content (AvgIpc) is 2.57. The molecule has 0 saturated heterocycles. The van der Waals surface area contributed by atoms with Crippen LogP contribution in [-0.4, -0.2) is 39.3 Å². The van der Waals surface area contributed by atoms with Crippen molar-refractivity contribution in [1.82, 2.24) is 0 Å². The summed E-state index contributed by atoms with van der Waals surface area (Å²) >= 11 is 5.90. The molecule has 8 heteroatoms. The molecule has 0 aliphatic rings. The molecule has 0 saturated carbocycles. The van der Waals surface area contributed by atoms with Gasteiger partial charge in [0.05, 0.1) is 11.4 Å². The van der Waals surface area contributed by atoms with Gasteiger partial charge >= 0.3 is 0 Å². The minimum atomic E-state index is -3.65. The molecule has 6 nitrogen and oxygen atoms in total. The largest absolute Gasteiger partial charge is 0.490 e. The molecule has 2 aromatic carbocycles. The summed E-state index contributed by atoms with van der Waals surface area (Å²) in [6, 6.07) is 11.9. The van der Waals surface area contributed by atoms with Crippen molar-refractivity contribution in [2.24, 2.45) is 5.14 Å². The van der Waals surface area contributed by atoms with Gasteiger partial charge in [-0.25, -0.2) is 13.6 Å². The molecule has 2 aromatic rings. The normalized spacial score (nSPS) is 12.8. The van der Waals surface area contributed by atoms with Crippen molar-refractivity contribution >= 4 is 21.6 Å². The standard InChI is InChI=1S/C18H23ClN2O4S/c1-13-10-15(19)4-7-18(13)25-12-16(22)11-21-9-8-14-2-5-17(6-3-14)26(20,23)24/h2-7,10,16,21-22H,8-9,11-12H2,1H3,(H2,20,23,24)/p+1/t16-/m0/s1. The molecule has 2 rings (SSSR count). The van der Waals surface area contributed by atoms with Crippen molar-refractivity contribution < 1.29 is 23.6 Å². The number of primary sulfonamides is 1. The fourth-order valence-electron chi connectivity index (χ4n) is 2.45. The summed E-state index contributed by atoms with van der Waals surface area (Å²) in [5.41, 5.74) is 1.94. The van der Waals surface area contributed by atoms with Crippen molar-refractivity contribution in [3.8, 4) is 5.75 Å². The highest BCUT2D eigenvalue weighted by Gasteiger charge is 2.10. The van der Waals surface area contributed by atoms with Crippen LogP contribution < -0.4 is 15.2 Å². The van der Waals surface area contributed by atoms with Crippen LogP contribution in [-0.2, 0) is 16.4 Å². The third-order valence-electron chi connectivity index (χ3n) is 3.90. The van der Waals surface area contributed by atoms with Gasteiger partial charge in [0.15, 0.2) is 0 Å². The number of aryl methyl sites for hydroxylation is 1. The lowest BCUT2D eigenvalue weighted by Gasteiger charge is -2.13. The molecule has 26 heavy (non-hydrogen) atoms. The second-order valence-corrected chi connectivity index (χ2v) is 8.12. The quantitative estimate of drug-likeness (QED) is 0.543. The lowest BCUT2D eigenvalue weighted by molar-refractivity contribution is -0.660. The molecule has 0 aliphatic heterocycles. The average molecular weight is 400 g/mol. The fourth-order valence-corrected chi connectivity index (χ4v) is 3.20. The van der Waals surface area contributed by atoms with Crippen LogP contribution in [0.25, 0.3) is 0 Å². The minimum absolute atomic E-state index is 0.107. The summed E-state index contributed by atoms with van der Waals surface area (Å²) in [5, 5.41) is 17.7. The Labute approximate surface area is 159 Å². The Kier molecular flexibility index (Phi) is 7.43. The molecular formula is C18H24ClN2O4S+. The second-order valence-electron chi connectivity index (χ2n) is 6.13. The van der Waals surface area contributed by atoms with E-state index in [1.54, 1.807) is 24.3 Å². The van der Waals surface area contributed by atoms with Crippen molar-refractivity contribution in [2.75, 3.05) is 19.7 Å². The minimum Gasteiger partial charge on any atom is -0.490 e. The van der Waals surface area contributed by atoms with Crippen LogP contribution in [0.3, 0.4) is 0 Å². The van der Waals surface area contributed by atoms with E-state index in [1.165, 1.54) is 12.1 Å². The number of aliphatic hydroxyl groups excluding tert-OH is 1. The van der Waals surface area contributed by atoms with Gasteiger partial charge in [0, 0.05) is 11.4 Å². The molecule has 0 unspecified atom stereocenters. The third-order valence-corrected chi connectivity index (χ3v) is 5.06. The van der Waals surface area contributed by atoms with Crippen molar-refractivity contribution in [3.63, 3.8) is 0 Å². The van der Waals surface area contributed by atoms with E-state index in [9.17, 15) is 13.5 Å². The van der Waals surface area contributed by atoms with Gasteiger partial charge in [-0.3, -0.25) is 0 Å². The number of ether oxygens (including phenoxy) is 1. The van der Waals surface area contributed by atoms with E-state index in [0.717, 1.165) is 24.1 Å². The molecule has 0 aromatic heterocycles. The van der Waals surface area contributed by atoms with Crippen LogP contribution in [0.4, 0.5) is 0 Å². The highest BCUT2D eigenvalue weighted by molar-refractivity contribution is 7.89. The smallest absolute Gasteiger partial charge is 0.238 e. The number of nitrogens with two attached hydrogens (primary N) is 2. The van der Waals surface area contributed by atoms with Gasteiger partial charge in [-0.2, -0.15) is 0 Å². The fraction of sp³-hybridized carbons (Fsp3) is 0.333. The van der Waals surface area contributed by atoms with Gasteiger partial charge in [-0.05, 0) is 48.4 Å². The van der Waals surface area contributed by atoms with Gasteiger partial charge in [0.2, 0.25) is 10.0 Å². The van der Waals surface area contributed by atoms with Crippen molar-refractivity contribution in [2.45, 2.75) is 24.3 Å². The maximum absolute atomic E-state index is 11.2. The number of halogens is 1. The topological polar surface area (TPSA) is 106 Å². The number of hydrogen-bond donors (Lipinski definition) is 3. The van der Waals surface area contributed by atoms with Gasteiger partial charge in [-0.15, -0.1) is 0 Å². The molecule has 1 atom stereocenters. The maximum atomic E-state index is 11.2. The molecule has 0 spiro atoms. The summed E-state index contributed by atoms with van der Waals surface area (Å²) in [7, 11) is -3.65. The van der Waals surface area contributed by atoms with Crippen molar-refractivity contribution in [1.29, 1.82) is 0 Å². The first-order chi connectivity index (χ1) is 12.3. The van der Waals surface area contributed by atoms with E-state index < -0.39 is 16.1 Å². The highest BCUT2D eigenvalue weighted by Crippen LogP contribution is 2.21. The molecule has 0 bridgehead atoms. The number of benzene rings is 2. The van der Waals surface area contributed by atoms with Gasteiger partial charge in [0.25, 0.3) is 0 Å². The number of aliphatic hydroxyl groups is 1. The van der Waals surface area contributed by atoms with E-state index in [-0.39, 0.29) is 11.5 Å². The lowest BCUT2D eigenvalue weighted by Crippen LogP contribution is -2.87. The summed E-state index contributed by atoms with van der Waals surface area (Å²) in [6.45, 7) is 3.40. The summed E-state index contributed by atoms with van der Waals surface area (Å²) in [4.78, 5) is 0.107. The first-order valence-corrected chi connectivity index (χ1v) is 10.2. The van der Waals surface area contributed by atoms with Crippen LogP contribution in [0.2, 0.25) is 5.02 Å². The zero-order valence-corrected chi connectivity index (χ0v) is 16.1. The zero-order chi connectivity index (χ0) is 19.2. The monoisotopic (exact) mass is 399 g/mol.